The van der Waals surface area contributed by atoms with Crippen LogP contribution in [0, 0.1) is 0 Å². The van der Waals surface area contributed by atoms with Crippen molar-refractivity contribution in [1.29, 1.82) is 0 Å². The molecule has 0 aliphatic heterocycles. The molecule has 0 radical (unpaired) electrons. The van der Waals surface area contributed by atoms with E-state index in [1.54, 1.807) is 12.1 Å². The predicted octanol–water partition coefficient (Wildman–Crippen LogP) is 4.79. The molecule has 1 N–H and O–H groups in total. The standard InChI is InChI=1S/C30H38O10/c1-18(9-8-10-19(2)15-27(38-21(4)32)29(30(6,7)35)39-22(5)33)13-14-36-23-16-25(37-20(3)31)24-11-12-28(34)40-26(24)17-23/h10-13,16-17,27,29,35H,8-9,14-15H2,1-7H3/t27-,29+/m0/s1. The molecular weight excluding hydrogens is 520 g/mol. The van der Waals surface area contributed by atoms with Gasteiger partial charge in [0.2, 0.25) is 0 Å². The molecule has 40 heavy (non-hydrogen) atoms. The summed E-state index contributed by atoms with van der Waals surface area (Å²) in [6.07, 6.45) is 3.75. The topological polar surface area (TPSA) is 139 Å². The van der Waals surface area contributed by atoms with Gasteiger partial charge >= 0.3 is 23.5 Å². The summed E-state index contributed by atoms with van der Waals surface area (Å²) in [4.78, 5) is 46.4. The molecule has 0 aliphatic rings. The van der Waals surface area contributed by atoms with Crippen molar-refractivity contribution in [3.63, 3.8) is 0 Å². The minimum atomic E-state index is -1.42. The van der Waals surface area contributed by atoms with Gasteiger partial charge in [-0.25, -0.2) is 4.79 Å². The molecule has 0 unspecified atom stereocenters. The van der Waals surface area contributed by atoms with E-state index in [1.165, 1.54) is 46.8 Å². The first-order valence-corrected chi connectivity index (χ1v) is 12.9. The Bertz CT molecular complexity index is 1330. The Morgan fingerprint density at radius 1 is 0.950 bits per heavy atom. The molecule has 218 valence electrons. The summed E-state index contributed by atoms with van der Waals surface area (Å²) in [5.41, 5.74) is 0.268. The third-order valence-electron chi connectivity index (χ3n) is 5.81. The Morgan fingerprint density at radius 2 is 1.62 bits per heavy atom. The van der Waals surface area contributed by atoms with E-state index in [1.807, 2.05) is 26.0 Å². The largest absolute Gasteiger partial charge is 0.489 e. The minimum absolute atomic E-state index is 0.234. The van der Waals surface area contributed by atoms with Crippen molar-refractivity contribution >= 4 is 28.9 Å². The van der Waals surface area contributed by atoms with Gasteiger partial charge in [-0.2, -0.15) is 0 Å². The Balaban J connectivity index is 2.02. The van der Waals surface area contributed by atoms with Crippen LogP contribution >= 0.6 is 0 Å². The van der Waals surface area contributed by atoms with Crippen LogP contribution in [0.25, 0.3) is 11.0 Å². The van der Waals surface area contributed by atoms with Gasteiger partial charge in [-0.1, -0.05) is 17.2 Å². The minimum Gasteiger partial charge on any atom is -0.489 e. The predicted molar refractivity (Wildman–Crippen MR) is 148 cm³/mol. The lowest BCUT2D eigenvalue weighted by Crippen LogP contribution is -2.49. The van der Waals surface area contributed by atoms with Crippen molar-refractivity contribution in [2.75, 3.05) is 6.61 Å². The SMILES string of the molecule is CC(=O)Oc1cc(OCC=C(C)CCC=C(C)C[C@H](OC(C)=O)[C@@H](OC(C)=O)C(C)(C)O)cc2oc(=O)ccc12. The van der Waals surface area contributed by atoms with Gasteiger partial charge in [0.15, 0.2) is 6.10 Å². The van der Waals surface area contributed by atoms with Gasteiger partial charge < -0.3 is 28.5 Å². The zero-order valence-corrected chi connectivity index (χ0v) is 24.1. The van der Waals surface area contributed by atoms with Gasteiger partial charge in [0.1, 0.15) is 29.8 Å². The van der Waals surface area contributed by atoms with E-state index in [0.29, 0.717) is 17.6 Å². The van der Waals surface area contributed by atoms with Crippen molar-refractivity contribution < 1.29 is 42.9 Å². The Hall–Kier alpha value is -3.92. The fraction of sp³-hybridized carbons (Fsp3) is 0.467. The smallest absolute Gasteiger partial charge is 0.336 e. The maximum absolute atomic E-state index is 11.7. The number of aliphatic hydroxyl groups is 1. The Kier molecular flexibility index (Phi) is 11.7. The number of benzene rings is 1. The molecule has 10 heteroatoms. The summed E-state index contributed by atoms with van der Waals surface area (Å²) < 4.78 is 26.9. The Morgan fingerprint density at radius 3 is 2.23 bits per heavy atom. The number of hydrogen-bond donors (Lipinski definition) is 1. The number of allylic oxidation sites excluding steroid dienone is 2. The second kappa shape index (κ2) is 14.5. The zero-order chi connectivity index (χ0) is 30.0. The second-order valence-electron chi connectivity index (χ2n) is 10.2. The molecular formula is C30H38O10. The van der Waals surface area contributed by atoms with Crippen molar-refractivity contribution in [2.45, 2.75) is 85.5 Å². The van der Waals surface area contributed by atoms with Crippen LogP contribution in [0.1, 0.15) is 67.7 Å². The molecule has 0 bridgehead atoms. The number of carbonyl (C=O) groups is 3. The quantitative estimate of drug-likeness (QED) is 0.158. The number of rotatable bonds is 13. The molecule has 0 saturated carbocycles. The van der Waals surface area contributed by atoms with Crippen LogP contribution in [0.4, 0.5) is 0 Å². The molecule has 1 heterocycles. The number of ether oxygens (including phenoxy) is 4. The summed E-state index contributed by atoms with van der Waals surface area (Å²) in [6.45, 7) is 10.9. The summed E-state index contributed by atoms with van der Waals surface area (Å²) in [6, 6.07) is 5.91. The van der Waals surface area contributed by atoms with E-state index >= 15 is 0 Å². The third kappa shape index (κ3) is 10.7. The highest BCUT2D eigenvalue weighted by molar-refractivity contribution is 5.87. The number of esters is 3. The zero-order valence-electron chi connectivity index (χ0n) is 24.1. The number of hydrogen-bond acceptors (Lipinski definition) is 10. The molecule has 0 amide bonds. The molecule has 2 atom stereocenters. The van der Waals surface area contributed by atoms with Crippen LogP contribution in [0.5, 0.6) is 11.5 Å². The van der Waals surface area contributed by atoms with Gasteiger partial charge in [-0.15, -0.1) is 0 Å². The van der Waals surface area contributed by atoms with Gasteiger partial charge in [-0.05, 0) is 52.7 Å². The monoisotopic (exact) mass is 558 g/mol. The van der Waals surface area contributed by atoms with Crippen molar-refractivity contribution in [2.24, 2.45) is 0 Å². The second-order valence-corrected chi connectivity index (χ2v) is 10.2. The molecule has 2 rings (SSSR count). The van der Waals surface area contributed by atoms with Crippen LogP contribution in [0.15, 0.2) is 56.8 Å². The number of carbonyl (C=O) groups excluding carboxylic acids is 3. The highest BCUT2D eigenvalue weighted by atomic mass is 16.6. The lowest BCUT2D eigenvalue weighted by atomic mass is 9.92. The average molecular weight is 559 g/mol. The third-order valence-corrected chi connectivity index (χ3v) is 5.81. The van der Waals surface area contributed by atoms with Crippen LogP contribution in [-0.2, 0) is 23.9 Å². The Labute approximate surface area is 233 Å². The first kappa shape index (κ1) is 32.3. The summed E-state index contributed by atoms with van der Waals surface area (Å²) >= 11 is 0. The average Bonchev–Trinajstić information content (AvgIpc) is 2.80. The highest BCUT2D eigenvalue weighted by Crippen LogP contribution is 2.31. The first-order valence-electron chi connectivity index (χ1n) is 12.9. The number of fused-ring (bicyclic) bond motifs is 1. The van der Waals surface area contributed by atoms with Crippen molar-refractivity contribution in [3.8, 4) is 11.5 Å². The van der Waals surface area contributed by atoms with Crippen molar-refractivity contribution in [3.05, 3.63) is 58.0 Å². The van der Waals surface area contributed by atoms with E-state index < -0.39 is 41.3 Å². The molecule has 0 spiro atoms. The molecule has 0 aliphatic carbocycles. The van der Waals surface area contributed by atoms with Crippen LogP contribution in [-0.4, -0.2) is 47.4 Å². The van der Waals surface area contributed by atoms with E-state index in [2.05, 4.69) is 0 Å². The van der Waals surface area contributed by atoms with E-state index in [0.717, 1.165) is 17.6 Å². The molecule has 0 saturated heterocycles. The lowest BCUT2D eigenvalue weighted by molar-refractivity contribution is -0.184. The molecule has 0 fully saturated rings. The summed E-state index contributed by atoms with van der Waals surface area (Å²) in [5.74, 6) is -1.01. The normalized spacial score (nSPS) is 13.9. The summed E-state index contributed by atoms with van der Waals surface area (Å²) in [7, 11) is 0. The molecule has 1 aromatic heterocycles. The summed E-state index contributed by atoms with van der Waals surface area (Å²) in [5, 5.41) is 11.0. The molecule has 10 nitrogen and oxygen atoms in total. The highest BCUT2D eigenvalue weighted by Gasteiger charge is 2.39. The molecule has 2 aromatic rings. The fourth-order valence-electron chi connectivity index (χ4n) is 4.05. The van der Waals surface area contributed by atoms with Gasteiger partial charge in [0.25, 0.3) is 0 Å². The van der Waals surface area contributed by atoms with Crippen LogP contribution in [0.3, 0.4) is 0 Å². The van der Waals surface area contributed by atoms with Gasteiger partial charge in [0.05, 0.1) is 11.0 Å². The molecule has 1 aromatic carbocycles. The van der Waals surface area contributed by atoms with Crippen molar-refractivity contribution in [1.82, 2.24) is 0 Å². The van der Waals surface area contributed by atoms with Gasteiger partial charge in [-0.3, -0.25) is 14.4 Å². The van der Waals surface area contributed by atoms with Crippen LogP contribution < -0.4 is 15.1 Å². The van der Waals surface area contributed by atoms with E-state index in [4.69, 9.17) is 23.4 Å². The maximum atomic E-state index is 11.7. The van der Waals surface area contributed by atoms with E-state index in [-0.39, 0.29) is 24.4 Å². The van der Waals surface area contributed by atoms with Crippen LogP contribution in [0.2, 0.25) is 0 Å². The van der Waals surface area contributed by atoms with E-state index in [9.17, 15) is 24.3 Å². The first-order chi connectivity index (χ1) is 18.6. The fourth-order valence-corrected chi connectivity index (χ4v) is 4.05. The van der Waals surface area contributed by atoms with Gasteiger partial charge in [0, 0.05) is 45.4 Å². The lowest BCUT2D eigenvalue weighted by Gasteiger charge is -2.34. The maximum Gasteiger partial charge on any atom is 0.336 e.